The molecule has 0 aromatic heterocycles. The van der Waals surface area contributed by atoms with Gasteiger partial charge in [-0.1, -0.05) is 41.4 Å². The van der Waals surface area contributed by atoms with Gasteiger partial charge < -0.3 is 5.11 Å². The molecular weight excluding hydrogens is 276 g/mol. The number of carboxylic acid groups (broad SMARTS) is 1. The summed E-state index contributed by atoms with van der Waals surface area (Å²) < 4.78 is 0. The summed E-state index contributed by atoms with van der Waals surface area (Å²) in [5, 5.41) is 9.34. The summed E-state index contributed by atoms with van der Waals surface area (Å²) in [6, 6.07) is 9.81. The Bertz CT molecular complexity index is 705. The van der Waals surface area contributed by atoms with E-state index in [0.717, 1.165) is 11.1 Å². The van der Waals surface area contributed by atoms with E-state index in [4.69, 9.17) is 11.6 Å². The monoisotopic (exact) mass is 288 g/mol. The number of halogens is 1. The van der Waals surface area contributed by atoms with Crippen LogP contribution in [-0.2, 0) is 0 Å². The molecule has 0 aliphatic rings. The fraction of sp³-hybridized carbons (Fsp3) is 0.125. The van der Waals surface area contributed by atoms with Gasteiger partial charge in [-0.05, 0) is 31.5 Å². The maximum Gasteiger partial charge on any atom is 0.336 e. The lowest BCUT2D eigenvalue weighted by Gasteiger charge is -2.10. The highest BCUT2D eigenvalue weighted by molar-refractivity contribution is 6.36. The fourth-order valence-corrected chi connectivity index (χ4v) is 2.40. The van der Waals surface area contributed by atoms with Crippen molar-refractivity contribution < 1.29 is 14.7 Å². The normalized spacial score (nSPS) is 10.3. The first kappa shape index (κ1) is 14.3. The van der Waals surface area contributed by atoms with E-state index in [-0.39, 0.29) is 21.9 Å². The minimum Gasteiger partial charge on any atom is -0.478 e. The van der Waals surface area contributed by atoms with Crippen molar-refractivity contribution in [3.8, 4) is 0 Å². The number of carboxylic acids is 1. The molecule has 0 fully saturated rings. The van der Waals surface area contributed by atoms with E-state index in [1.807, 2.05) is 26.0 Å². The Morgan fingerprint density at radius 3 is 2.35 bits per heavy atom. The summed E-state index contributed by atoms with van der Waals surface area (Å²) in [4.78, 5) is 23.8. The number of hydrogen-bond acceptors (Lipinski definition) is 2. The summed E-state index contributed by atoms with van der Waals surface area (Å²) in [6.45, 7) is 3.75. The zero-order valence-corrected chi connectivity index (χ0v) is 11.9. The van der Waals surface area contributed by atoms with E-state index in [9.17, 15) is 14.7 Å². The Morgan fingerprint density at radius 1 is 1.05 bits per heavy atom. The van der Waals surface area contributed by atoms with Gasteiger partial charge >= 0.3 is 5.97 Å². The number of rotatable bonds is 3. The van der Waals surface area contributed by atoms with E-state index >= 15 is 0 Å². The van der Waals surface area contributed by atoms with Crippen LogP contribution < -0.4 is 0 Å². The van der Waals surface area contributed by atoms with Crippen LogP contribution in [0.4, 0.5) is 0 Å². The molecule has 3 nitrogen and oxygen atoms in total. The second kappa shape index (κ2) is 5.47. The summed E-state index contributed by atoms with van der Waals surface area (Å²) in [5.74, 6) is -1.54. The van der Waals surface area contributed by atoms with Gasteiger partial charge in [-0.3, -0.25) is 4.79 Å². The topological polar surface area (TPSA) is 54.4 Å². The van der Waals surface area contributed by atoms with Gasteiger partial charge in [-0.15, -0.1) is 0 Å². The Kier molecular flexibility index (Phi) is 3.91. The first-order valence-electron chi connectivity index (χ1n) is 6.05. The average molecular weight is 289 g/mol. The van der Waals surface area contributed by atoms with Crippen molar-refractivity contribution in [3.63, 3.8) is 0 Å². The van der Waals surface area contributed by atoms with Crippen molar-refractivity contribution in [1.82, 2.24) is 0 Å². The average Bonchev–Trinajstić information content (AvgIpc) is 2.37. The van der Waals surface area contributed by atoms with Crippen molar-refractivity contribution in [2.75, 3.05) is 0 Å². The molecule has 102 valence electrons. The summed E-state index contributed by atoms with van der Waals surface area (Å²) in [7, 11) is 0. The molecule has 0 aliphatic heterocycles. The van der Waals surface area contributed by atoms with E-state index in [1.165, 1.54) is 18.2 Å². The van der Waals surface area contributed by atoms with Gasteiger partial charge in [0.2, 0.25) is 0 Å². The van der Waals surface area contributed by atoms with Crippen molar-refractivity contribution >= 4 is 23.4 Å². The lowest BCUT2D eigenvalue weighted by atomic mass is 9.94. The third-order valence-electron chi connectivity index (χ3n) is 3.10. The molecule has 20 heavy (non-hydrogen) atoms. The van der Waals surface area contributed by atoms with Crippen molar-refractivity contribution in [1.29, 1.82) is 0 Å². The predicted octanol–water partition coefficient (Wildman–Crippen LogP) is 3.89. The highest BCUT2D eigenvalue weighted by Crippen LogP contribution is 2.25. The molecule has 0 amide bonds. The Labute approximate surface area is 121 Å². The van der Waals surface area contributed by atoms with E-state index < -0.39 is 5.97 Å². The molecule has 0 saturated carbocycles. The number of carbonyl (C=O) groups is 2. The molecule has 0 spiro atoms. The van der Waals surface area contributed by atoms with Crippen LogP contribution in [0.5, 0.6) is 0 Å². The molecule has 0 aliphatic carbocycles. The minimum atomic E-state index is -1.17. The molecule has 2 aromatic carbocycles. The molecule has 2 rings (SSSR count). The molecule has 0 unspecified atom stereocenters. The first-order chi connectivity index (χ1) is 9.41. The number of aromatic carboxylic acids is 1. The molecule has 4 heteroatoms. The number of hydrogen-bond donors (Lipinski definition) is 1. The number of benzene rings is 2. The van der Waals surface area contributed by atoms with Gasteiger partial charge in [0.15, 0.2) is 5.78 Å². The standard InChI is InChI=1S/C16H13ClO3/c1-9-6-7-11(10(2)8-9)15(18)14-12(16(19)20)4-3-5-13(14)17/h3-8H,1-2H3,(H,19,20). The maximum atomic E-state index is 12.6. The van der Waals surface area contributed by atoms with E-state index in [0.29, 0.717) is 5.56 Å². The Balaban J connectivity index is 2.62. The van der Waals surface area contributed by atoms with Crippen LogP contribution in [0.3, 0.4) is 0 Å². The summed E-state index contributed by atoms with van der Waals surface area (Å²) in [6.07, 6.45) is 0. The fourth-order valence-electron chi connectivity index (χ4n) is 2.14. The van der Waals surface area contributed by atoms with Crippen LogP contribution in [0.2, 0.25) is 5.02 Å². The maximum absolute atomic E-state index is 12.6. The lowest BCUT2D eigenvalue weighted by Crippen LogP contribution is -2.11. The van der Waals surface area contributed by atoms with Crippen LogP contribution in [-0.4, -0.2) is 16.9 Å². The van der Waals surface area contributed by atoms with Gasteiger partial charge in [-0.2, -0.15) is 0 Å². The van der Waals surface area contributed by atoms with E-state index in [1.54, 1.807) is 6.07 Å². The van der Waals surface area contributed by atoms with Crippen molar-refractivity contribution in [2.24, 2.45) is 0 Å². The molecule has 0 bridgehead atoms. The summed E-state index contributed by atoms with van der Waals surface area (Å²) in [5.41, 5.74) is 2.25. The van der Waals surface area contributed by atoms with Gasteiger partial charge in [0, 0.05) is 5.56 Å². The zero-order valence-electron chi connectivity index (χ0n) is 11.1. The SMILES string of the molecule is Cc1ccc(C(=O)c2c(Cl)cccc2C(=O)O)c(C)c1. The van der Waals surface area contributed by atoms with Gasteiger partial charge in [-0.25, -0.2) is 4.79 Å². The third-order valence-corrected chi connectivity index (χ3v) is 3.41. The first-order valence-corrected chi connectivity index (χ1v) is 6.43. The lowest BCUT2D eigenvalue weighted by molar-refractivity contribution is 0.0693. The second-order valence-electron chi connectivity index (χ2n) is 4.62. The van der Waals surface area contributed by atoms with Crippen LogP contribution in [0.25, 0.3) is 0 Å². The van der Waals surface area contributed by atoms with Gasteiger partial charge in [0.1, 0.15) is 0 Å². The summed E-state index contributed by atoms with van der Waals surface area (Å²) >= 11 is 6.02. The Morgan fingerprint density at radius 2 is 1.75 bits per heavy atom. The number of ketones is 1. The molecule has 0 atom stereocenters. The quantitative estimate of drug-likeness (QED) is 0.872. The third kappa shape index (κ3) is 2.58. The largest absolute Gasteiger partial charge is 0.478 e. The highest BCUT2D eigenvalue weighted by atomic mass is 35.5. The van der Waals surface area contributed by atoms with Crippen LogP contribution in [0.15, 0.2) is 36.4 Å². The molecule has 0 saturated heterocycles. The highest BCUT2D eigenvalue weighted by Gasteiger charge is 2.22. The van der Waals surface area contributed by atoms with Crippen molar-refractivity contribution in [2.45, 2.75) is 13.8 Å². The van der Waals surface area contributed by atoms with Crippen molar-refractivity contribution in [3.05, 3.63) is 69.2 Å². The second-order valence-corrected chi connectivity index (χ2v) is 5.02. The number of carbonyl (C=O) groups excluding carboxylic acids is 1. The molecular formula is C16H13ClO3. The number of aryl methyl sites for hydroxylation is 2. The van der Waals surface area contributed by atoms with Gasteiger partial charge in [0.25, 0.3) is 0 Å². The van der Waals surface area contributed by atoms with Crippen LogP contribution >= 0.6 is 11.6 Å². The minimum absolute atomic E-state index is 0.0358. The smallest absolute Gasteiger partial charge is 0.336 e. The van der Waals surface area contributed by atoms with E-state index in [2.05, 4.69) is 0 Å². The Hall–Kier alpha value is -2.13. The zero-order chi connectivity index (χ0) is 14.9. The van der Waals surface area contributed by atoms with Crippen LogP contribution in [0.1, 0.15) is 37.4 Å². The molecule has 1 N–H and O–H groups in total. The molecule has 2 aromatic rings. The van der Waals surface area contributed by atoms with Crippen LogP contribution in [0, 0.1) is 13.8 Å². The molecule has 0 radical (unpaired) electrons. The van der Waals surface area contributed by atoms with Gasteiger partial charge in [0.05, 0.1) is 16.1 Å². The predicted molar refractivity (Wildman–Crippen MR) is 77.8 cm³/mol. The molecule has 0 heterocycles.